The van der Waals surface area contributed by atoms with Crippen molar-refractivity contribution in [3.8, 4) is 11.4 Å². The van der Waals surface area contributed by atoms with Crippen molar-refractivity contribution in [2.45, 2.75) is 71.8 Å². The molecule has 0 saturated heterocycles. The highest BCUT2D eigenvalue weighted by atomic mass is 16.5. The van der Waals surface area contributed by atoms with Gasteiger partial charge in [-0.3, -0.25) is 14.2 Å². The molecule has 0 radical (unpaired) electrons. The molecule has 3 aromatic rings. The number of nitrogens with zero attached hydrogens (tertiary/aromatic N) is 3. The number of fused-ring (bicyclic) bond motifs is 1. The molecule has 1 unspecified atom stereocenters. The van der Waals surface area contributed by atoms with E-state index >= 15 is 0 Å². The number of carbonyl (C=O) groups is 1. The van der Waals surface area contributed by atoms with E-state index in [1.165, 1.54) is 6.42 Å². The third-order valence-corrected chi connectivity index (χ3v) is 7.04. The highest BCUT2D eigenvalue weighted by Gasteiger charge is 2.32. The summed E-state index contributed by atoms with van der Waals surface area (Å²) in [5.74, 6) is 1.44. The van der Waals surface area contributed by atoms with Crippen molar-refractivity contribution in [3.63, 3.8) is 0 Å². The molecule has 2 aromatic carbocycles. The lowest BCUT2D eigenvalue weighted by Crippen LogP contribution is -2.41. The largest absolute Gasteiger partial charge is 0.492 e. The molecule has 1 saturated carbocycles. The van der Waals surface area contributed by atoms with Gasteiger partial charge in [-0.25, -0.2) is 4.98 Å². The lowest BCUT2D eigenvalue weighted by molar-refractivity contribution is -0.139. The van der Waals surface area contributed by atoms with E-state index in [-0.39, 0.29) is 23.4 Å². The third kappa shape index (κ3) is 5.26. The van der Waals surface area contributed by atoms with Crippen LogP contribution >= 0.6 is 0 Å². The molecule has 1 heterocycles. The fourth-order valence-corrected chi connectivity index (χ4v) is 5.13. The standard InChI is InChI=1S/C29H37N3O3/c1-4-6-20-31(28(33)22-14-8-7-9-15-22)21(3)27-30-24-17-11-10-16-23(24)29(34)32(27)25-18-12-13-19-26(25)35-5-2/h10-13,16-19,21-22H,4-9,14-15,20H2,1-3H3. The predicted octanol–water partition coefficient (Wildman–Crippen LogP) is 6.05. The van der Waals surface area contributed by atoms with Crippen LogP contribution in [0.25, 0.3) is 16.6 Å². The van der Waals surface area contributed by atoms with Crippen molar-refractivity contribution in [1.29, 1.82) is 0 Å². The van der Waals surface area contributed by atoms with Gasteiger partial charge in [0.1, 0.15) is 11.6 Å². The molecule has 0 spiro atoms. The Labute approximate surface area is 207 Å². The second-order valence-electron chi connectivity index (χ2n) is 9.42. The Bertz CT molecular complexity index is 1210. The molecular weight excluding hydrogens is 438 g/mol. The number of ether oxygens (including phenoxy) is 1. The smallest absolute Gasteiger partial charge is 0.266 e. The van der Waals surface area contributed by atoms with Crippen molar-refractivity contribution in [2.75, 3.05) is 13.2 Å². The summed E-state index contributed by atoms with van der Waals surface area (Å²) in [6.07, 6.45) is 7.20. The number of rotatable bonds is 9. The van der Waals surface area contributed by atoms with Gasteiger partial charge >= 0.3 is 0 Å². The predicted molar refractivity (Wildman–Crippen MR) is 140 cm³/mol. The van der Waals surface area contributed by atoms with Crippen molar-refractivity contribution in [2.24, 2.45) is 5.92 Å². The summed E-state index contributed by atoms with van der Waals surface area (Å²) in [6, 6.07) is 14.6. The van der Waals surface area contributed by atoms with Gasteiger partial charge in [0, 0.05) is 12.5 Å². The molecule has 6 nitrogen and oxygen atoms in total. The van der Waals surface area contributed by atoms with Crippen LogP contribution in [0, 0.1) is 5.92 Å². The van der Waals surface area contributed by atoms with E-state index in [2.05, 4.69) is 6.92 Å². The van der Waals surface area contributed by atoms with E-state index in [4.69, 9.17) is 9.72 Å². The van der Waals surface area contributed by atoms with Gasteiger partial charge in [-0.1, -0.05) is 56.9 Å². The maximum absolute atomic E-state index is 13.9. The van der Waals surface area contributed by atoms with E-state index < -0.39 is 0 Å². The Hall–Kier alpha value is -3.15. The third-order valence-electron chi connectivity index (χ3n) is 7.04. The summed E-state index contributed by atoms with van der Waals surface area (Å²) in [6.45, 7) is 7.21. The summed E-state index contributed by atoms with van der Waals surface area (Å²) < 4.78 is 7.55. The highest BCUT2D eigenvalue weighted by Crippen LogP contribution is 2.31. The number of hydrogen-bond donors (Lipinski definition) is 0. The molecule has 1 aromatic heterocycles. The lowest BCUT2D eigenvalue weighted by Gasteiger charge is -2.34. The first-order valence-corrected chi connectivity index (χ1v) is 13.1. The molecule has 0 bridgehead atoms. The van der Waals surface area contributed by atoms with Crippen molar-refractivity contribution < 1.29 is 9.53 Å². The molecule has 0 N–H and O–H groups in total. The number of hydrogen-bond acceptors (Lipinski definition) is 4. The van der Waals surface area contributed by atoms with E-state index in [0.717, 1.165) is 38.5 Å². The number of unbranched alkanes of at least 4 members (excludes halogenated alkanes) is 1. The maximum Gasteiger partial charge on any atom is 0.266 e. The Morgan fingerprint density at radius 1 is 1.09 bits per heavy atom. The van der Waals surface area contributed by atoms with Crippen LogP contribution in [-0.2, 0) is 4.79 Å². The quantitative estimate of drug-likeness (QED) is 0.378. The van der Waals surface area contributed by atoms with Gasteiger partial charge in [-0.2, -0.15) is 0 Å². The fourth-order valence-electron chi connectivity index (χ4n) is 5.13. The number of benzene rings is 2. The first kappa shape index (κ1) is 25.0. The summed E-state index contributed by atoms with van der Waals surface area (Å²) in [7, 11) is 0. The van der Waals surface area contributed by atoms with Gasteiger partial charge in [0.15, 0.2) is 0 Å². The summed E-state index contributed by atoms with van der Waals surface area (Å²) in [4.78, 5) is 34.6. The normalized spacial score (nSPS) is 15.2. The van der Waals surface area contributed by atoms with Crippen LogP contribution in [0.1, 0.15) is 77.6 Å². The first-order valence-electron chi connectivity index (χ1n) is 13.1. The average molecular weight is 476 g/mol. The number of amides is 1. The van der Waals surface area contributed by atoms with Crippen molar-refractivity contribution in [3.05, 3.63) is 64.7 Å². The molecule has 1 amide bonds. The first-order chi connectivity index (χ1) is 17.1. The molecule has 1 atom stereocenters. The van der Waals surface area contributed by atoms with Crippen LogP contribution in [0.5, 0.6) is 5.75 Å². The Balaban J connectivity index is 1.88. The van der Waals surface area contributed by atoms with Gasteiger partial charge in [0.05, 0.1) is 29.2 Å². The second-order valence-corrected chi connectivity index (χ2v) is 9.42. The zero-order chi connectivity index (χ0) is 24.8. The van der Waals surface area contributed by atoms with Gasteiger partial charge in [0.25, 0.3) is 5.56 Å². The van der Waals surface area contributed by atoms with Gasteiger partial charge in [0.2, 0.25) is 5.91 Å². The zero-order valence-electron chi connectivity index (χ0n) is 21.2. The monoisotopic (exact) mass is 475 g/mol. The van der Waals surface area contributed by atoms with E-state index in [1.807, 2.05) is 61.2 Å². The lowest BCUT2D eigenvalue weighted by atomic mass is 9.88. The summed E-state index contributed by atoms with van der Waals surface area (Å²) in [5.41, 5.74) is 1.15. The molecule has 186 valence electrons. The highest BCUT2D eigenvalue weighted by molar-refractivity contribution is 5.80. The molecule has 6 heteroatoms. The van der Waals surface area contributed by atoms with Crippen LogP contribution in [0.2, 0.25) is 0 Å². The van der Waals surface area contributed by atoms with Crippen molar-refractivity contribution >= 4 is 16.8 Å². The molecule has 4 rings (SSSR count). The SMILES string of the molecule is CCCCN(C(=O)C1CCCCC1)C(C)c1nc2ccccc2c(=O)n1-c1ccccc1OCC. The van der Waals surface area contributed by atoms with E-state index in [1.54, 1.807) is 10.6 Å². The number of para-hydroxylation sites is 3. The molecule has 1 aliphatic carbocycles. The minimum absolute atomic E-state index is 0.0550. The molecule has 35 heavy (non-hydrogen) atoms. The topological polar surface area (TPSA) is 64.4 Å². The Morgan fingerprint density at radius 3 is 2.54 bits per heavy atom. The minimum atomic E-state index is -0.358. The van der Waals surface area contributed by atoms with Gasteiger partial charge < -0.3 is 9.64 Å². The van der Waals surface area contributed by atoms with Crippen LogP contribution < -0.4 is 10.3 Å². The zero-order valence-corrected chi connectivity index (χ0v) is 21.2. The van der Waals surface area contributed by atoms with E-state index in [9.17, 15) is 9.59 Å². The fraction of sp³-hybridized carbons (Fsp3) is 0.483. The van der Waals surface area contributed by atoms with Crippen molar-refractivity contribution in [1.82, 2.24) is 14.5 Å². The molecule has 0 aliphatic heterocycles. The summed E-state index contributed by atoms with van der Waals surface area (Å²) >= 11 is 0. The average Bonchev–Trinajstić information content (AvgIpc) is 2.90. The van der Waals surface area contributed by atoms with Crippen LogP contribution in [0.3, 0.4) is 0 Å². The Morgan fingerprint density at radius 2 is 1.80 bits per heavy atom. The van der Waals surface area contributed by atoms with Gasteiger partial charge in [-0.15, -0.1) is 0 Å². The van der Waals surface area contributed by atoms with E-state index in [0.29, 0.717) is 41.3 Å². The molecule has 1 fully saturated rings. The van der Waals surface area contributed by atoms with Crippen LogP contribution in [0.4, 0.5) is 0 Å². The Kier molecular flexibility index (Phi) is 8.21. The number of aromatic nitrogens is 2. The minimum Gasteiger partial charge on any atom is -0.492 e. The second kappa shape index (κ2) is 11.5. The molecular formula is C29H37N3O3. The maximum atomic E-state index is 13.9. The van der Waals surface area contributed by atoms with Gasteiger partial charge in [-0.05, 0) is 57.4 Å². The number of carbonyl (C=O) groups excluding carboxylic acids is 1. The molecule has 1 aliphatic rings. The van der Waals surface area contributed by atoms with Crippen LogP contribution in [0.15, 0.2) is 53.3 Å². The summed E-state index contributed by atoms with van der Waals surface area (Å²) in [5, 5.41) is 0.550. The van der Waals surface area contributed by atoms with Crippen LogP contribution in [-0.4, -0.2) is 33.5 Å².